The van der Waals surface area contributed by atoms with Crippen molar-refractivity contribution in [3.63, 3.8) is 0 Å². The minimum Gasteiger partial charge on any atom is -0.490 e. The summed E-state index contributed by atoms with van der Waals surface area (Å²) in [6.45, 7) is 3.90. The minimum atomic E-state index is -0.543. The average molecular weight is 529 g/mol. The molecule has 0 spiro atoms. The maximum absolute atomic E-state index is 13.4. The largest absolute Gasteiger partial charge is 0.490 e. The molecule has 0 saturated heterocycles. The van der Waals surface area contributed by atoms with Crippen molar-refractivity contribution in [3.8, 4) is 28.4 Å². The number of benzene rings is 2. The lowest BCUT2D eigenvalue weighted by Gasteiger charge is -2.16. The van der Waals surface area contributed by atoms with Crippen LogP contribution in [0.1, 0.15) is 25.8 Å². The fourth-order valence-corrected chi connectivity index (χ4v) is 4.07. The number of pyridine rings is 2. The van der Waals surface area contributed by atoms with Gasteiger partial charge in [0.1, 0.15) is 22.9 Å². The zero-order chi connectivity index (χ0) is 27.5. The third-order valence-corrected chi connectivity index (χ3v) is 5.92. The van der Waals surface area contributed by atoms with E-state index in [4.69, 9.17) is 14.5 Å². The van der Waals surface area contributed by atoms with E-state index in [1.165, 1.54) is 18.5 Å². The summed E-state index contributed by atoms with van der Waals surface area (Å²) in [5.74, 6) is 1.52. The molecule has 0 bridgehead atoms. The van der Waals surface area contributed by atoms with E-state index in [0.717, 1.165) is 27.8 Å². The third kappa shape index (κ3) is 5.64. The van der Waals surface area contributed by atoms with E-state index in [1.54, 1.807) is 25.2 Å². The molecule has 0 unspecified atom stereocenters. The molecule has 5 aromatic rings. The van der Waals surface area contributed by atoms with Crippen LogP contribution in [0.4, 0.5) is 16.0 Å². The number of amides is 1. The van der Waals surface area contributed by atoms with Gasteiger partial charge in [-0.15, -0.1) is 0 Å². The van der Waals surface area contributed by atoms with E-state index in [2.05, 4.69) is 20.6 Å². The number of nitrogens with one attached hydrogen (secondary N) is 2. The summed E-state index contributed by atoms with van der Waals surface area (Å²) in [6, 6.07) is 17.5. The molecule has 39 heavy (non-hydrogen) atoms. The highest BCUT2D eigenvalue weighted by atomic mass is 19.1. The van der Waals surface area contributed by atoms with E-state index in [9.17, 15) is 9.18 Å². The van der Waals surface area contributed by atoms with Gasteiger partial charge < -0.3 is 24.7 Å². The number of imidazole rings is 1. The summed E-state index contributed by atoms with van der Waals surface area (Å²) in [5, 5.41) is 5.92. The van der Waals surface area contributed by atoms with Gasteiger partial charge in [0.15, 0.2) is 0 Å². The number of aryl methyl sites for hydroxylation is 1. The van der Waals surface area contributed by atoms with Crippen molar-refractivity contribution >= 4 is 28.6 Å². The molecular formula is C29H29FN6O3. The second kappa shape index (κ2) is 10.8. The summed E-state index contributed by atoms with van der Waals surface area (Å²) < 4.78 is 27.3. The molecule has 0 atom stereocenters. The van der Waals surface area contributed by atoms with Gasteiger partial charge >= 0.3 is 0 Å². The van der Waals surface area contributed by atoms with Gasteiger partial charge in [0, 0.05) is 56.9 Å². The Bertz CT molecular complexity index is 1660. The summed E-state index contributed by atoms with van der Waals surface area (Å²) in [5.41, 5.74) is 4.18. The Labute approximate surface area is 226 Å². The lowest BCUT2D eigenvalue weighted by Crippen LogP contribution is -2.18. The molecule has 0 aliphatic carbocycles. The van der Waals surface area contributed by atoms with Crippen LogP contribution in [0, 0.1) is 5.95 Å². The van der Waals surface area contributed by atoms with Crippen LogP contribution < -0.4 is 20.1 Å². The molecular weight excluding hydrogens is 499 g/mol. The Balaban J connectivity index is 0.00000370. The first-order chi connectivity index (χ1) is 18.8. The Morgan fingerprint density at radius 3 is 2.59 bits per heavy atom. The summed E-state index contributed by atoms with van der Waals surface area (Å²) in [4.78, 5) is 24.5. The Morgan fingerprint density at radius 2 is 1.85 bits per heavy atom. The number of ether oxygens (including phenoxy) is 2. The van der Waals surface area contributed by atoms with Crippen molar-refractivity contribution in [2.24, 2.45) is 7.05 Å². The first-order valence-corrected chi connectivity index (χ1v) is 12.3. The molecule has 0 aliphatic heterocycles. The Morgan fingerprint density at radius 1 is 1.03 bits per heavy atom. The molecule has 9 nitrogen and oxygen atoms in total. The van der Waals surface area contributed by atoms with Gasteiger partial charge in [-0.25, -0.2) is 9.97 Å². The molecule has 0 saturated carbocycles. The maximum Gasteiger partial charge on any atom is 0.269 e. The normalized spacial score (nSPS) is 11.0. The Hall–Kier alpha value is -4.99. The second-order valence-electron chi connectivity index (χ2n) is 9.08. The van der Waals surface area contributed by atoms with Crippen LogP contribution in [0.25, 0.3) is 22.2 Å². The third-order valence-electron chi connectivity index (χ3n) is 5.92. The number of carbonyl (C=O) groups is 1. The number of hydrogen-bond donors (Lipinski definition) is 2. The maximum atomic E-state index is 13.4. The number of rotatable bonds is 8. The van der Waals surface area contributed by atoms with Crippen LogP contribution in [0.2, 0.25) is 0 Å². The fraction of sp³-hybridized carbons (Fsp3) is 0.172. The highest BCUT2D eigenvalue weighted by molar-refractivity contribution is 5.92. The van der Waals surface area contributed by atoms with Crippen molar-refractivity contribution < 1.29 is 20.1 Å². The smallest absolute Gasteiger partial charge is 0.269 e. The predicted octanol–water partition coefficient (Wildman–Crippen LogP) is 6.10. The van der Waals surface area contributed by atoms with Crippen LogP contribution in [0.5, 0.6) is 17.2 Å². The van der Waals surface area contributed by atoms with E-state index < -0.39 is 5.95 Å². The van der Waals surface area contributed by atoms with Gasteiger partial charge in [-0.2, -0.15) is 4.39 Å². The minimum absolute atomic E-state index is 0. The molecule has 3 heterocycles. The average Bonchev–Trinajstić information content (AvgIpc) is 3.23. The Kier molecular flexibility index (Phi) is 7.09. The van der Waals surface area contributed by atoms with Crippen LogP contribution in [0.15, 0.2) is 73.1 Å². The summed E-state index contributed by atoms with van der Waals surface area (Å²) in [6.07, 6.45) is 2.97. The number of nitrogens with zero attached hydrogens (tertiary/aromatic N) is 4. The molecule has 1 amide bonds. The predicted molar refractivity (Wildman–Crippen MR) is 149 cm³/mol. The molecule has 0 radical (unpaired) electrons. The number of carbonyl (C=O) groups excluding carboxylic acids is 1. The number of hydrogen-bond acceptors (Lipinski definition) is 7. The number of anilines is 2. The van der Waals surface area contributed by atoms with Crippen molar-refractivity contribution in [1.82, 2.24) is 24.8 Å². The van der Waals surface area contributed by atoms with E-state index in [0.29, 0.717) is 23.2 Å². The van der Waals surface area contributed by atoms with Crippen LogP contribution in [-0.2, 0) is 7.05 Å². The zero-order valence-electron chi connectivity index (χ0n) is 21.9. The highest BCUT2D eigenvalue weighted by Gasteiger charge is 2.14. The van der Waals surface area contributed by atoms with Crippen molar-refractivity contribution in [2.45, 2.75) is 20.0 Å². The number of halogens is 1. The van der Waals surface area contributed by atoms with Crippen LogP contribution in [0.3, 0.4) is 0 Å². The molecule has 200 valence electrons. The molecule has 5 rings (SSSR count). The van der Waals surface area contributed by atoms with E-state index >= 15 is 0 Å². The van der Waals surface area contributed by atoms with Crippen molar-refractivity contribution in [3.05, 3.63) is 84.7 Å². The lowest BCUT2D eigenvalue weighted by atomic mass is 10.1. The highest BCUT2D eigenvalue weighted by Crippen LogP contribution is 2.35. The van der Waals surface area contributed by atoms with E-state index in [1.807, 2.05) is 61.9 Å². The lowest BCUT2D eigenvalue weighted by molar-refractivity contribution is 0.0958. The van der Waals surface area contributed by atoms with Gasteiger partial charge in [0.2, 0.25) is 11.9 Å². The summed E-state index contributed by atoms with van der Waals surface area (Å²) in [7, 11) is 3.46. The monoisotopic (exact) mass is 528 g/mol. The van der Waals surface area contributed by atoms with Crippen LogP contribution in [-0.4, -0.2) is 38.6 Å². The summed E-state index contributed by atoms with van der Waals surface area (Å²) >= 11 is 0. The fourth-order valence-electron chi connectivity index (χ4n) is 4.07. The topological polar surface area (TPSA) is 103 Å². The van der Waals surface area contributed by atoms with Crippen molar-refractivity contribution in [2.75, 3.05) is 12.4 Å². The second-order valence-corrected chi connectivity index (χ2v) is 9.08. The molecule has 10 heteroatoms. The molecule has 3 aromatic heterocycles. The first kappa shape index (κ1) is 25.7. The number of aromatic nitrogens is 4. The zero-order valence-corrected chi connectivity index (χ0v) is 21.9. The van der Waals surface area contributed by atoms with Crippen molar-refractivity contribution in [1.29, 1.82) is 0 Å². The molecule has 2 aromatic carbocycles. The SMILES string of the molecule is CNC(=O)c1cc(Oc2ccc3c(c2)nc(Nc2ccc(OC(C)C)c(-c4ccc(F)nc4)c2)n3C)ccn1.[HH]. The quantitative estimate of drug-likeness (QED) is 0.235. The van der Waals surface area contributed by atoms with Gasteiger partial charge in [0.05, 0.1) is 17.1 Å². The van der Waals surface area contributed by atoms with Gasteiger partial charge in [-0.05, 0) is 62.4 Å². The van der Waals surface area contributed by atoms with Crippen LogP contribution >= 0.6 is 0 Å². The number of fused-ring (bicyclic) bond motifs is 1. The van der Waals surface area contributed by atoms with Gasteiger partial charge in [0.25, 0.3) is 5.91 Å². The molecule has 0 fully saturated rings. The van der Waals surface area contributed by atoms with E-state index in [-0.39, 0.29) is 19.1 Å². The molecule has 2 N–H and O–H groups in total. The van der Waals surface area contributed by atoms with Gasteiger partial charge in [-0.1, -0.05) is 0 Å². The standard InChI is InChI=1S/C29H27FN6O3.H2/c1-17(2)38-26-9-6-19(13-22(26)18-5-10-27(30)33-16-18)34-29-35-23-14-20(7-8-25(23)36(29)4)39-21-11-12-32-24(15-21)28(37)31-3;/h5-17H,1-4H3,(H,31,37)(H,34,35);1H. The molecule has 0 aliphatic rings. The first-order valence-electron chi connectivity index (χ1n) is 12.3. The van der Waals surface area contributed by atoms with Gasteiger partial charge in [-0.3, -0.25) is 9.78 Å².